The second-order valence-electron chi connectivity index (χ2n) is 7.21. The summed E-state index contributed by atoms with van der Waals surface area (Å²) in [6.45, 7) is -0.346. The van der Waals surface area contributed by atoms with Crippen LogP contribution < -0.4 is 10.5 Å². The number of carbonyl (C=O) groups excluding carboxylic acids is 1. The maximum Gasteiger partial charge on any atom is 0.248 e. The molecule has 0 aliphatic rings. The van der Waals surface area contributed by atoms with Crippen molar-refractivity contribution in [2.45, 2.75) is 12.5 Å². The smallest absolute Gasteiger partial charge is 0.248 e. The Labute approximate surface area is 177 Å². The number of fused-ring (bicyclic) bond motifs is 1. The maximum absolute atomic E-state index is 13.1. The van der Waals surface area contributed by atoms with Crippen LogP contribution in [-0.2, 0) is 6.42 Å². The van der Waals surface area contributed by atoms with Crippen molar-refractivity contribution in [2.24, 2.45) is 5.73 Å². The molecule has 0 aliphatic heterocycles. The van der Waals surface area contributed by atoms with E-state index in [1.165, 1.54) is 12.1 Å². The van der Waals surface area contributed by atoms with E-state index in [4.69, 9.17) is 10.5 Å². The Hall–Kier alpha value is -3.68. The predicted molar refractivity (Wildman–Crippen MR) is 115 cm³/mol. The number of ether oxygens (including phenoxy) is 1. The lowest BCUT2D eigenvalue weighted by atomic mass is 10.1. The number of carbonyl (C=O) groups is 1. The lowest BCUT2D eigenvalue weighted by molar-refractivity contribution is 0.0957. The molecule has 3 aromatic carbocycles. The van der Waals surface area contributed by atoms with Crippen LogP contribution in [0.25, 0.3) is 16.6 Å². The molecule has 31 heavy (non-hydrogen) atoms. The molecule has 0 fully saturated rings. The van der Waals surface area contributed by atoms with Crippen molar-refractivity contribution < 1.29 is 24.1 Å². The fourth-order valence-corrected chi connectivity index (χ4v) is 3.46. The number of hydrogen-bond donors (Lipinski definition) is 3. The minimum atomic E-state index is -0.888. The van der Waals surface area contributed by atoms with Gasteiger partial charge in [-0.25, -0.2) is 4.39 Å². The Balaban J connectivity index is 1.70. The van der Waals surface area contributed by atoms with Gasteiger partial charge in [0.25, 0.3) is 0 Å². The van der Waals surface area contributed by atoms with Gasteiger partial charge in [0.1, 0.15) is 17.3 Å². The molecule has 1 aromatic heterocycles. The Bertz CT molecular complexity index is 1220. The molecule has 1 amide bonds. The van der Waals surface area contributed by atoms with E-state index >= 15 is 0 Å². The molecule has 0 saturated carbocycles. The van der Waals surface area contributed by atoms with Crippen molar-refractivity contribution in [1.29, 1.82) is 0 Å². The molecule has 0 saturated heterocycles. The molecule has 6 nitrogen and oxygen atoms in total. The first-order valence-electron chi connectivity index (χ1n) is 9.71. The van der Waals surface area contributed by atoms with Gasteiger partial charge in [0.05, 0.1) is 18.2 Å². The molecule has 0 aliphatic carbocycles. The first-order valence-corrected chi connectivity index (χ1v) is 9.71. The number of hydrogen-bond acceptors (Lipinski definition) is 4. The largest absolute Gasteiger partial charge is 0.457 e. The van der Waals surface area contributed by atoms with Crippen LogP contribution in [0.2, 0.25) is 0 Å². The van der Waals surface area contributed by atoms with Gasteiger partial charge in [-0.2, -0.15) is 0 Å². The van der Waals surface area contributed by atoms with E-state index in [2.05, 4.69) is 0 Å². The zero-order valence-electron chi connectivity index (χ0n) is 16.5. The molecular formula is C24H21FN2O4. The number of aromatic nitrogens is 1. The highest BCUT2D eigenvalue weighted by atomic mass is 19.1. The Kier molecular flexibility index (Phi) is 5.70. The fourth-order valence-electron chi connectivity index (χ4n) is 3.46. The summed E-state index contributed by atoms with van der Waals surface area (Å²) in [5, 5.41) is 20.0. The number of nitrogens with two attached hydrogens (primary N) is 1. The van der Waals surface area contributed by atoms with Crippen LogP contribution in [0, 0.1) is 5.82 Å². The molecule has 1 heterocycles. The van der Waals surface area contributed by atoms with Crippen LogP contribution in [0.5, 0.6) is 11.5 Å². The van der Waals surface area contributed by atoms with Crippen LogP contribution in [0.15, 0.2) is 72.9 Å². The Morgan fingerprint density at radius 2 is 1.68 bits per heavy atom. The number of halogens is 1. The van der Waals surface area contributed by atoms with Gasteiger partial charge in [-0.15, -0.1) is 0 Å². The fraction of sp³-hybridized carbons (Fsp3) is 0.125. The third-order valence-corrected chi connectivity index (χ3v) is 5.00. The summed E-state index contributed by atoms with van der Waals surface area (Å²) in [4.78, 5) is 11.7. The van der Waals surface area contributed by atoms with Crippen molar-refractivity contribution in [1.82, 2.24) is 4.57 Å². The summed E-state index contributed by atoms with van der Waals surface area (Å²) in [7, 11) is 0. The van der Waals surface area contributed by atoms with Crippen molar-refractivity contribution in [3.8, 4) is 17.2 Å². The average Bonchev–Trinajstić information content (AvgIpc) is 3.13. The van der Waals surface area contributed by atoms with Crippen molar-refractivity contribution in [2.75, 3.05) is 6.61 Å². The monoisotopic (exact) mass is 420 g/mol. The number of rotatable bonds is 7. The zero-order valence-corrected chi connectivity index (χ0v) is 16.5. The first kappa shape index (κ1) is 20.6. The molecule has 0 spiro atoms. The summed E-state index contributed by atoms with van der Waals surface area (Å²) in [6, 6.07) is 18.1. The molecule has 1 atom stereocenters. The van der Waals surface area contributed by atoms with E-state index in [1.807, 2.05) is 22.9 Å². The van der Waals surface area contributed by atoms with E-state index < -0.39 is 12.0 Å². The Morgan fingerprint density at radius 1 is 1.03 bits per heavy atom. The number of benzene rings is 3. The Morgan fingerprint density at radius 3 is 2.29 bits per heavy atom. The molecule has 4 rings (SSSR count). The lowest BCUT2D eigenvalue weighted by Crippen LogP contribution is -2.14. The molecule has 158 valence electrons. The van der Waals surface area contributed by atoms with Gasteiger partial charge in [0.15, 0.2) is 0 Å². The summed E-state index contributed by atoms with van der Waals surface area (Å²) in [6.07, 6.45) is 1.24. The van der Waals surface area contributed by atoms with Gasteiger partial charge in [0.2, 0.25) is 5.91 Å². The summed E-state index contributed by atoms with van der Waals surface area (Å²) in [5.74, 6) is 0.238. The average molecular weight is 420 g/mol. The number of aliphatic hydroxyl groups excluding tert-OH is 2. The molecule has 0 radical (unpaired) electrons. The van der Waals surface area contributed by atoms with Crippen molar-refractivity contribution in [3.05, 3.63) is 89.9 Å². The second kappa shape index (κ2) is 8.59. The van der Waals surface area contributed by atoms with Gasteiger partial charge < -0.3 is 25.3 Å². The van der Waals surface area contributed by atoms with E-state index in [0.29, 0.717) is 17.1 Å². The van der Waals surface area contributed by atoms with Crippen LogP contribution in [0.4, 0.5) is 4.39 Å². The van der Waals surface area contributed by atoms with E-state index in [0.717, 1.165) is 22.2 Å². The van der Waals surface area contributed by atoms with Gasteiger partial charge in [-0.05, 0) is 66.2 Å². The first-order chi connectivity index (χ1) is 14.9. The third-order valence-electron chi connectivity index (χ3n) is 5.00. The molecule has 1 unspecified atom stereocenters. The molecule has 0 bridgehead atoms. The highest BCUT2D eigenvalue weighted by molar-refractivity contribution is 5.98. The summed E-state index contributed by atoms with van der Waals surface area (Å²) >= 11 is 0. The molecular weight excluding hydrogens is 399 g/mol. The lowest BCUT2D eigenvalue weighted by Gasteiger charge is -2.09. The molecule has 4 N–H and O–H groups in total. The number of amides is 1. The van der Waals surface area contributed by atoms with Crippen molar-refractivity contribution in [3.63, 3.8) is 0 Å². The maximum atomic E-state index is 13.1. The highest BCUT2D eigenvalue weighted by Gasteiger charge is 2.15. The van der Waals surface area contributed by atoms with Crippen LogP contribution >= 0.6 is 0 Å². The summed E-state index contributed by atoms with van der Waals surface area (Å²) in [5.41, 5.74) is 8.21. The molecule has 7 heteroatoms. The van der Waals surface area contributed by atoms with E-state index in [1.54, 1.807) is 42.5 Å². The van der Waals surface area contributed by atoms with Gasteiger partial charge in [0, 0.05) is 29.3 Å². The minimum Gasteiger partial charge on any atom is -0.457 e. The quantitative estimate of drug-likeness (QED) is 0.426. The van der Waals surface area contributed by atoms with Crippen molar-refractivity contribution >= 4 is 16.8 Å². The normalized spacial score (nSPS) is 12.1. The number of primary amides is 1. The van der Waals surface area contributed by atoms with Gasteiger partial charge in [-0.1, -0.05) is 6.07 Å². The van der Waals surface area contributed by atoms with Crippen LogP contribution in [0.3, 0.4) is 0 Å². The van der Waals surface area contributed by atoms with Crippen LogP contribution in [0.1, 0.15) is 15.9 Å². The van der Waals surface area contributed by atoms with Gasteiger partial charge >= 0.3 is 0 Å². The van der Waals surface area contributed by atoms with E-state index in [-0.39, 0.29) is 18.8 Å². The second-order valence-corrected chi connectivity index (χ2v) is 7.21. The highest BCUT2D eigenvalue weighted by Crippen LogP contribution is 2.29. The zero-order chi connectivity index (χ0) is 22.0. The van der Waals surface area contributed by atoms with Crippen LogP contribution in [-0.4, -0.2) is 33.4 Å². The third kappa shape index (κ3) is 4.42. The SMILES string of the molecule is NC(=O)c1ccc2c(CC(O)CO)cn(-c3ccc(Oc4ccc(F)cc4)cc3)c2c1. The molecule has 4 aromatic rings. The minimum absolute atomic E-state index is 0.266. The van der Waals surface area contributed by atoms with E-state index in [9.17, 15) is 19.4 Å². The number of aliphatic hydroxyl groups is 2. The predicted octanol–water partition coefficient (Wildman–Crippen LogP) is 3.56. The topological polar surface area (TPSA) is 97.7 Å². The number of nitrogens with zero attached hydrogens (tertiary/aromatic N) is 1. The van der Waals surface area contributed by atoms with Gasteiger partial charge in [-0.3, -0.25) is 4.79 Å². The standard InChI is InChI=1S/C24H21FN2O4/c25-17-2-6-20(7-3-17)31-21-8-4-18(5-9-21)27-13-16(11-19(29)14-28)22-10-1-15(24(26)30)12-23(22)27/h1-10,12-13,19,28-29H,11,14H2,(H2,26,30). The summed E-state index contributed by atoms with van der Waals surface area (Å²) < 4.78 is 20.7.